The quantitative estimate of drug-likeness (QED) is 0.415. The van der Waals surface area contributed by atoms with Crippen molar-refractivity contribution in [3.05, 3.63) is 17.9 Å². The molecule has 0 atom stereocenters. The summed E-state index contributed by atoms with van der Waals surface area (Å²) in [4.78, 5) is 0. The largest absolute Gasteiger partial charge is 0.129 e. The van der Waals surface area contributed by atoms with Crippen molar-refractivity contribution >= 4 is 0 Å². The SMILES string of the molecule is CC(C)C=C=CCCCCC(C)C. The van der Waals surface area contributed by atoms with Gasteiger partial charge in [-0.2, -0.15) is 0 Å². The minimum Gasteiger partial charge on any atom is -0.129 e. The molecule has 76 valence electrons. The molecule has 0 amide bonds. The summed E-state index contributed by atoms with van der Waals surface area (Å²) in [5.74, 6) is 1.49. The zero-order valence-electron chi connectivity index (χ0n) is 9.64. The van der Waals surface area contributed by atoms with Crippen molar-refractivity contribution in [2.45, 2.75) is 53.4 Å². The first-order chi connectivity index (χ1) is 6.13. The first kappa shape index (κ1) is 12.5. The fourth-order valence-electron chi connectivity index (χ4n) is 1.14. The van der Waals surface area contributed by atoms with E-state index in [1.807, 2.05) is 0 Å². The monoisotopic (exact) mass is 180 g/mol. The second-order valence-corrected chi connectivity index (χ2v) is 4.46. The molecule has 0 spiro atoms. The fraction of sp³-hybridized carbons (Fsp3) is 0.769. The normalized spacial score (nSPS) is 10.3. The summed E-state index contributed by atoms with van der Waals surface area (Å²) >= 11 is 0. The molecule has 0 fully saturated rings. The molecule has 0 unspecified atom stereocenters. The molecule has 0 nitrogen and oxygen atoms in total. The van der Waals surface area contributed by atoms with Crippen molar-refractivity contribution in [1.29, 1.82) is 0 Å². The highest BCUT2D eigenvalue weighted by Gasteiger charge is 1.91. The molecule has 0 aliphatic rings. The highest BCUT2D eigenvalue weighted by molar-refractivity contribution is 4.86. The van der Waals surface area contributed by atoms with Gasteiger partial charge in [-0.3, -0.25) is 0 Å². The lowest BCUT2D eigenvalue weighted by atomic mass is 10.1. The van der Waals surface area contributed by atoms with Crippen molar-refractivity contribution in [3.63, 3.8) is 0 Å². The van der Waals surface area contributed by atoms with Gasteiger partial charge in [-0.1, -0.05) is 40.5 Å². The first-order valence-electron chi connectivity index (χ1n) is 5.54. The maximum atomic E-state index is 3.22. The lowest BCUT2D eigenvalue weighted by molar-refractivity contribution is 0.540. The molecule has 0 N–H and O–H groups in total. The van der Waals surface area contributed by atoms with Crippen LogP contribution in [0.3, 0.4) is 0 Å². The van der Waals surface area contributed by atoms with E-state index in [4.69, 9.17) is 0 Å². The van der Waals surface area contributed by atoms with E-state index in [0.717, 1.165) is 5.92 Å². The Labute approximate surface area is 83.7 Å². The number of hydrogen-bond acceptors (Lipinski definition) is 0. The molecule has 0 saturated heterocycles. The molecular weight excluding hydrogens is 156 g/mol. The summed E-state index contributed by atoms with van der Waals surface area (Å²) in [7, 11) is 0. The van der Waals surface area contributed by atoms with E-state index in [-0.39, 0.29) is 0 Å². The summed E-state index contributed by atoms with van der Waals surface area (Å²) in [6.45, 7) is 8.93. The molecule has 13 heavy (non-hydrogen) atoms. The Bertz CT molecular complexity index is 157. The van der Waals surface area contributed by atoms with Crippen molar-refractivity contribution in [2.24, 2.45) is 11.8 Å². The first-order valence-corrected chi connectivity index (χ1v) is 5.54. The molecular formula is C13H24. The minimum absolute atomic E-state index is 0.631. The van der Waals surface area contributed by atoms with E-state index < -0.39 is 0 Å². The van der Waals surface area contributed by atoms with Crippen LogP contribution in [0.1, 0.15) is 53.4 Å². The second kappa shape index (κ2) is 8.13. The molecule has 0 rings (SSSR count). The third-order valence-corrected chi connectivity index (χ3v) is 1.93. The number of rotatable bonds is 6. The summed E-state index contributed by atoms with van der Waals surface area (Å²) in [5.41, 5.74) is 3.22. The van der Waals surface area contributed by atoms with Crippen molar-refractivity contribution in [3.8, 4) is 0 Å². The Hall–Kier alpha value is -0.480. The Balaban J connectivity index is 3.30. The van der Waals surface area contributed by atoms with E-state index >= 15 is 0 Å². The Morgan fingerprint density at radius 3 is 2.31 bits per heavy atom. The molecule has 0 saturated carbocycles. The third kappa shape index (κ3) is 11.5. The van der Waals surface area contributed by atoms with Crippen LogP contribution in [0.2, 0.25) is 0 Å². The molecule has 0 aliphatic heterocycles. The predicted molar refractivity (Wildman–Crippen MR) is 60.8 cm³/mol. The van der Waals surface area contributed by atoms with Crippen LogP contribution in [-0.2, 0) is 0 Å². The van der Waals surface area contributed by atoms with Crippen LogP contribution >= 0.6 is 0 Å². The molecule has 0 aromatic rings. The average molecular weight is 180 g/mol. The third-order valence-electron chi connectivity index (χ3n) is 1.93. The van der Waals surface area contributed by atoms with Crippen LogP contribution in [0, 0.1) is 11.8 Å². The van der Waals surface area contributed by atoms with Gasteiger partial charge in [0.25, 0.3) is 0 Å². The smallest absolute Gasteiger partial charge is 0.0214 e. The van der Waals surface area contributed by atoms with E-state index in [9.17, 15) is 0 Å². The molecule has 0 aromatic heterocycles. The van der Waals surface area contributed by atoms with Gasteiger partial charge in [0.1, 0.15) is 0 Å². The highest BCUT2D eigenvalue weighted by Crippen LogP contribution is 2.07. The van der Waals surface area contributed by atoms with Gasteiger partial charge in [0.2, 0.25) is 0 Å². The highest BCUT2D eigenvalue weighted by atomic mass is 14.0. The van der Waals surface area contributed by atoms with Crippen LogP contribution in [0.25, 0.3) is 0 Å². The summed E-state index contributed by atoms with van der Waals surface area (Å²) in [6, 6.07) is 0. The molecule has 0 aliphatic carbocycles. The van der Waals surface area contributed by atoms with Gasteiger partial charge in [0.05, 0.1) is 0 Å². The lowest BCUT2D eigenvalue weighted by Gasteiger charge is -2.01. The Kier molecular flexibility index (Phi) is 7.83. The van der Waals surface area contributed by atoms with E-state index in [2.05, 4.69) is 45.6 Å². The standard InChI is InChI=1S/C13H24/c1-12(2)10-8-6-5-7-9-11-13(3)4/h6,10,12-13H,5,7,9,11H2,1-4H3. The van der Waals surface area contributed by atoms with E-state index in [1.54, 1.807) is 0 Å². The molecule has 0 bridgehead atoms. The van der Waals surface area contributed by atoms with Crippen molar-refractivity contribution in [2.75, 3.05) is 0 Å². The minimum atomic E-state index is 0.631. The topological polar surface area (TPSA) is 0 Å². The zero-order valence-corrected chi connectivity index (χ0v) is 9.64. The van der Waals surface area contributed by atoms with E-state index in [1.165, 1.54) is 25.7 Å². The number of unbranched alkanes of at least 4 members (excludes halogenated alkanes) is 2. The molecule has 0 heteroatoms. The summed E-state index contributed by atoms with van der Waals surface area (Å²) in [5, 5.41) is 0. The lowest BCUT2D eigenvalue weighted by Crippen LogP contribution is -1.85. The molecule has 0 radical (unpaired) electrons. The van der Waals surface area contributed by atoms with Crippen LogP contribution in [-0.4, -0.2) is 0 Å². The van der Waals surface area contributed by atoms with Gasteiger partial charge in [-0.05, 0) is 36.8 Å². The van der Waals surface area contributed by atoms with Gasteiger partial charge in [0, 0.05) is 0 Å². The van der Waals surface area contributed by atoms with Crippen molar-refractivity contribution in [1.82, 2.24) is 0 Å². The van der Waals surface area contributed by atoms with Gasteiger partial charge in [0.15, 0.2) is 0 Å². The van der Waals surface area contributed by atoms with Gasteiger partial charge in [-0.25, -0.2) is 0 Å². The maximum absolute atomic E-state index is 3.22. The molecule has 0 heterocycles. The average Bonchev–Trinajstić information content (AvgIpc) is 2.01. The van der Waals surface area contributed by atoms with Crippen LogP contribution in [0.5, 0.6) is 0 Å². The number of allylic oxidation sites excluding steroid dienone is 1. The van der Waals surface area contributed by atoms with Crippen molar-refractivity contribution < 1.29 is 0 Å². The van der Waals surface area contributed by atoms with Gasteiger partial charge < -0.3 is 0 Å². The fourth-order valence-corrected chi connectivity index (χ4v) is 1.14. The Morgan fingerprint density at radius 2 is 1.77 bits per heavy atom. The Morgan fingerprint density at radius 1 is 1.08 bits per heavy atom. The van der Waals surface area contributed by atoms with Gasteiger partial charge >= 0.3 is 0 Å². The number of hydrogen-bond donors (Lipinski definition) is 0. The summed E-state index contributed by atoms with van der Waals surface area (Å²) in [6.07, 6.45) is 9.52. The summed E-state index contributed by atoms with van der Waals surface area (Å²) < 4.78 is 0. The van der Waals surface area contributed by atoms with E-state index in [0.29, 0.717) is 5.92 Å². The van der Waals surface area contributed by atoms with Crippen LogP contribution in [0.15, 0.2) is 17.9 Å². The van der Waals surface area contributed by atoms with Gasteiger partial charge in [-0.15, -0.1) is 5.73 Å². The zero-order chi connectivity index (χ0) is 10.1. The molecule has 0 aromatic carbocycles. The predicted octanol–water partition coefficient (Wildman–Crippen LogP) is 4.57. The van der Waals surface area contributed by atoms with Crippen LogP contribution < -0.4 is 0 Å². The maximum Gasteiger partial charge on any atom is -0.0214 e. The second-order valence-electron chi connectivity index (χ2n) is 4.46. The van der Waals surface area contributed by atoms with Crippen LogP contribution in [0.4, 0.5) is 0 Å².